The van der Waals surface area contributed by atoms with Gasteiger partial charge in [-0.2, -0.15) is 0 Å². The van der Waals surface area contributed by atoms with E-state index in [-0.39, 0.29) is 98.8 Å². The van der Waals surface area contributed by atoms with Gasteiger partial charge in [-0.05, 0) is 0 Å². The molecular formula is H3Eu2O9P3. The minimum atomic E-state index is -3.63. The summed E-state index contributed by atoms with van der Waals surface area (Å²) in [5, 5.41) is 0. The maximum atomic E-state index is 8.52. The van der Waals surface area contributed by atoms with Crippen LogP contribution in [0, 0.1) is 98.8 Å². The molecule has 0 aromatic carbocycles. The molecule has 0 N–H and O–H groups in total. The van der Waals surface area contributed by atoms with Gasteiger partial charge in [-0.1, -0.05) is 24.8 Å². The second-order valence-electron chi connectivity index (χ2n) is 0.750. The third-order valence-corrected chi connectivity index (χ3v) is 0. The summed E-state index contributed by atoms with van der Waals surface area (Å²) >= 11 is 0. The molecule has 0 aliphatic rings. The van der Waals surface area contributed by atoms with Gasteiger partial charge in [0, 0.05) is 0 Å². The van der Waals surface area contributed by atoms with E-state index in [2.05, 4.69) is 0 Å². The summed E-state index contributed by atoms with van der Waals surface area (Å²) in [6.45, 7) is 0. The zero-order chi connectivity index (χ0) is 10.7. The van der Waals surface area contributed by atoms with E-state index < -0.39 is 24.8 Å². The van der Waals surface area contributed by atoms with E-state index in [4.69, 9.17) is 43.1 Å². The predicted molar refractivity (Wildman–Crippen MR) is 27.0 cm³/mol. The summed E-state index contributed by atoms with van der Waals surface area (Å²) in [4.78, 5) is 51.1. The average molecular weight is 544 g/mol. The van der Waals surface area contributed by atoms with Gasteiger partial charge in [0.15, 0.2) is 0 Å². The fourth-order valence-electron chi connectivity index (χ4n) is 0. The smallest absolute Gasteiger partial charge is 0.813 e. The zero-order valence-electron chi connectivity index (χ0n) is 5.93. The molecule has 0 rings (SSSR count). The van der Waals surface area contributed by atoms with Gasteiger partial charge >= 0.3 is 98.8 Å². The standard InChI is InChI=1S/2Eu.3H3O3P/c;;3*1-4(2)3/h;;3*4H,(H2,1,2,3)/q2*+3;;;/p-6. The van der Waals surface area contributed by atoms with E-state index in [1.54, 1.807) is 0 Å². The van der Waals surface area contributed by atoms with Gasteiger partial charge in [0.2, 0.25) is 0 Å². The van der Waals surface area contributed by atoms with Crippen molar-refractivity contribution in [2.24, 2.45) is 0 Å². The second-order valence-corrected chi connectivity index (χ2v) is 2.25. The molecule has 0 atom stereocenters. The maximum absolute atomic E-state index is 8.52. The van der Waals surface area contributed by atoms with Crippen LogP contribution in [0.1, 0.15) is 0 Å². The van der Waals surface area contributed by atoms with Crippen LogP contribution in [-0.4, -0.2) is 0 Å². The quantitative estimate of drug-likeness (QED) is 0.268. The molecule has 0 aromatic rings. The van der Waals surface area contributed by atoms with E-state index in [1.807, 2.05) is 0 Å². The fourth-order valence-corrected chi connectivity index (χ4v) is 0. The van der Waals surface area contributed by atoms with Gasteiger partial charge in [-0.25, -0.2) is 0 Å². The van der Waals surface area contributed by atoms with Crippen molar-refractivity contribution in [3.8, 4) is 0 Å². The molecule has 0 aliphatic carbocycles. The Hall–Kier alpha value is 3.62. The van der Waals surface area contributed by atoms with Gasteiger partial charge in [-0.15, -0.1) is 0 Å². The summed E-state index contributed by atoms with van der Waals surface area (Å²) < 4.78 is 25.6. The largest absolute Gasteiger partial charge is 3.00 e. The molecular weight excluding hydrogens is 541 g/mol. The molecule has 0 heterocycles. The Kier molecular flexibility index (Phi) is 55.6. The van der Waals surface area contributed by atoms with Crippen LogP contribution >= 0.6 is 24.8 Å². The van der Waals surface area contributed by atoms with Crippen LogP contribution in [0.4, 0.5) is 0 Å². The SMILES string of the molecule is O=[PH]([O-])[O-].O=[PH]([O-])[O-].O=[PH]([O-])[O-].[Eu+3].[Eu+3]. The number of hydrogen-bond acceptors (Lipinski definition) is 9. The topological polar surface area (TPSA) is 190 Å². The third kappa shape index (κ3) is 255. The molecule has 0 aliphatic heterocycles. The summed E-state index contributed by atoms with van der Waals surface area (Å²) in [5.41, 5.74) is 0. The zero-order valence-corrected chi connectivity index (χ0v) is 13.8. The van der Waals surface area contributed by atoms with Crippen molar-refractivity contribution >= 4 is 24.8 Å². The molecule has 0 saturated heterocycles. The molecule has 86 valence electrons. The normalized spacial score (nSPS) is 7.50. The van der Waals surface area contributed by atoms with E-state index in [0.29, 0.717) is 0 Å². The number of hydrogen-bond donors (Lipinski definition) is 0. The van der Waals surface area contributed by atoms with Crippen molar-refractivity contribution in [1.29, 1.82) is 0 Å². The van der Waals surface area contributed by atoms with Gasteiger partial charge in [0.05, 0.1) is 0 Å². The van der Waals surface area contributed by atoms with Crippen LogP contribution in [0.5, 0.6) is 0 Å². The van der Waals surface area contributed by atoms with Crippen molar-refractivity contribution in [3.63, 3.8) is 0 Å². The molecule has 0 spiro atoms. The van der Waals surface area contributed by atoms with Crippen LogP contribution < -0.4 is 29.4 Å². The predicted octanol–water partition coefficient (Wildman–Crippen LogP) is -5.71. The average Bonchev–Trinajstić information content (AvgIpc) is 1.54. The third-order valence-electron chi connectivity index (χ3n) is 0. The van der Waals surface area contributed by atoms with E-state index in [9.17, 15) is 0 Å². The monoisotopic (exact) mass is 546 g/mol. The summed E-state index contributed by atoms with van der Waals surface area (Å²) in [6, 6.07) is 0. The molecule has 0 unspecified atom stereocenters. The van der Waals surface area contributed by atoms with Crippen LogP contribution in [0.3, 0.4) is 0 Å². The first-order valence-electron chi connectivity index (χ1n) is 1.84. The molecule has 9 nitrogen and oxygen atoms in total. The van der Waals surface area contributed by atoms with E-state index >= 15 is 0 Å². The van der Waals surface area contributed by atoms with Crippen molar-refractivity contribution < 1.29 is 142 Å². The van der Waals surface area contributed by atoms with E-state index in [0.717, 1.165) is 0 Å². The van der Waals surface area contributed by atoms with Crippen LogP contribution in [-0.2, 0) is 13.7 Å². The molecule has 14 heavy (non-hydrogen) atoms. The Morgan fingerprint density at radius 3 is 0.500 bits per heavy atom. The van der Waals surface area contributed by atoms with Crippen LogP contribution in [0.25, 0.3) is 0 Å². The number of rotatable bonds is 0. The van der Waals surface area contributed by atoms with Gasteiger partial charge in [-0.3, -0.25) is 0 Å². The second kappa shape index (κ2) is 25.5. The fraction of sp³-hybridized carbons (Fsp3) is 0. The van der Waals surface area contributed by atoms with E-state index in [1.165, 1.54) is 0 Å². The van der Waals surface area contributed by atoms with Crippen LogP contribution in [0.15, 0.2) is 0 Å². The Morgan fingerprint density at radius 1 is 0.500 bits per heavy atom. The van der Waals surface area contributed by atoms with Gasteiger partial charge in [0.1, 0.15) is 0 Å². The molecule has 0 bridgehead atoms. The Bertz CT molecular complexity index is 116. The molecule has 0 fully saturated rings. The summed E-state index contributed by atoms with van der Waals surface area (Å²) in [7, 11) is -10.9. The minimum Gasteiger partial charge on any atom is -0.813 e. The molecule has 0 radical (unpaired) electrons. The van der Waals surface area contributed by atoms with Crippen molar-refractivity contribution in [2.75, 3.05) is 0 Å². The Balaban J connectivity index is -0.0000000270. The molecule has 0 saturated carbocycles. The Morgan fingerprint density at radius 2 is 0.500 bits per heavy atom. The van der Waals surface area contributed by atoms with Crippen LogP contribution in [0.2, 0.25) is 0 Å². The van der Waals surface area contributed by atoms with Crippen molar-refractivity contribution in [2.45, 2.75) is 0 Å². The first kappa shape index (κ1) is 30.6. The summed E-state index contributed by atoms with van der Waals surface area (Å²) in [6.07, 6.45) is 0. The molecule has 0 amide bonds. The van der Waals surface area contributed by atoms with Gasteiger partial charge in [0.25, 0.3) is 0 Å². The maximum Gasteiger partial charge on any atom is 3.00 e. The summed E-state index contributed by atoms with van der Waals surface area (Å²) in [5.74, 6) is 0. The van der Waals surface area contributed by atoms with Crippen molar-refractivity contribution in [3.05, 3.63) is 0 Å². The Labute approximate surface area is 163 Å². The first-order chi connectivity index (χ1) is 5.20. The molecule has 14 heteroatoms. The first-order valence-corrected chi connectivity index (χ1v) is 5.51. The minimum absolute atomic E-state index is 0. The van der Waals surface area contributed by atoms with Gasteiger partial charge < -0.3 is 43.1 Å². The van der Waals surface area contributed by atoms with Crippen molar-refractivity contribution in [1.82, 2.24) is 0 Å². The molecule has 0 aromatic heterocycles.